The van der Waals surface area contributed by atoms with Crippen LogP contribution in [-0.4, -0.2) is 10.9 Å². The maximum Gasteiger partial charge on any atom is 0.265 e. The highest BCUT2D eigenvalue weighted by atomic mass is 35.5. The van der Waals surface area contributed by atoms with Crippen molar-refractivity contribution < 1.29 is 9.21 Å². The van der Waals surface area contributed by atoms with Crippen molar-refractivity contribution in [3.63, 3.8) is 0 Å². The molecule has 0 aliphatic carbocycles. The molecule has 2 heterocycles. The van der Waals surface area contributed by atoms with Crippen molar-refractivity contribution >= 4 is 45.6 Å². The predicted octanol–water partition coefficient (Wildman–Crippen LogP) is 5.09. The highest BCUT2D eigenvalue weighted by molar-refractivity contribution is 7.18. The molecule has 0 atom stereocenters. The Bertz CT molecular complexity index is 845. The number of carbonyl (C=O) groups excluding carboxylic acids is 1. The Balaban J connectivity index is 1.87. The number of aromatic nitrogens is 1. The van der Waals surface area contributed by atoms with Crippen LogP contribution in [-0.2, 0) is 5.41 Å². The van der Waals surface area contributed by atoms with Crippen LogP contribution in [0.25, 0.3) is 11.1 Å². The van der Waals surface area contributed by atoms with E-state index in [0.717, 1.165) is 5.52 Å². The summed E-state index contributed by atoms with van der Waals surface area (Å²) in [4.78, 5) is 17.2. The molecule has 0 saturated carbocycles. The molecule has 0 saturated heterocycles. The van der Waals surface area contributed by atoms with Gasteiger partial charge in [-0.3, -0.25) is 4.79 Å². The molecular weight excluding hydrogens is 320 g/mol. The second-order valence-electron chi connectivity index (χ2n) is 6.01. The Kier molecular flexibility index (Phi) is 3.70. The third-order valence-corrected chi connectivity index (χ3v) is 4.31. The number of nitrogens with one attached hydrogen (secondary N) is 1. The summed E-state index contributed by atoms with van der Waals surface area (Å²) in [5.74, 6) is 0.492. The van der Waals surface area contributed by atoms with Crippen LogP contribution >= 0.6 is 22.9 Å². The zero-order chi connectivity index (χ0) is 15.9. The monoisotopic (exact) mass is 334 g/mol. The fraction of sp³-hybridized carbons (Fsp3) is 0.250. The van der Waals surface area contributed by atoms with E-state index >= 15 is 0 Å². The summed E-state index contributed by atoms with van der Waals surface area (Å²) in [5, 5.41) is 2.84. The summed E-state index contributed by atoms with van der Waals surface area (Å²) in [6.07, 6.45) is 0. The summed E-state index contributed by atoms with van der Waals surface area (Å²) >= 11 is 7.09. The Morgan fingerprint density at radius 3 is 2.68 bits per heavy atom. The smallest absolute Gasteiger partial charge is 0.265 e. The molecule has 4 nitrogen and oxygen atoms in total. The topological polar surface area (TPSA) is 55.1 Å². The lowest BCUT2D eigenvalue weighted by molar-refractivity contribution is 0.103. The summed E-state index contributed by atoms with van der Waals surface area (Å²) in [6, 6.07) is 8.83. The van der Waals surface area contributed by atoms with Crippen LogP contribution in [0.15, 0.2) is 34.7 Å². The SMILES string of the molecule is CC(C)(C)c1nc2cc(NC(=O)c3ccc(Cl)s3)ccc2o1. The van der Waals surface area contributed by atoms with E-state index < -0.39 is 0 Å². The molecule has 1 amide bonds. The first-order chi connectivity index (χ1) is 10.3. The third-order valence-electron chi connectivity index (χ3n) is 3.08. The number of oxazole rings is 1. The Labute approximate surface area is 137 Å². The van der Waals surface area contributed by atoms with Gasteiger partial charge in [0.15, 0.2) is 5.58 Å². The van der Waals surface area contributed by atoms with Gasteiger partial charge in [-0.1, -0.05) is 32.4 Å². The van der Waals surface area contributed by atoms with Crippen molar-refractivity contribution in [2.75, 3.05) is 5.32 Å². The largest absolute Gasteiger partial charge is 0.440 e. The van der Waals surface area contributed by atoms with Gasteiger partial charge in [0.05, 0.1) is 9.21 Å². The molecule has 1 N–H and O–H groups in total. The summed E-state index contributed by atoms with van der Waals surface area (Å²) in [7, 11) is 0. The van der Waals surface area contributed by atoms with E-state index in [2.05, 4.69) is 10.3 Å². The molecule has 0 radical (unpaired) electrons. The molecule has 0 spiro atoms. The van der Waals surface area contributed by atoms with E-state index in [4.69, 9.17) is 16.0 Å². The summed E-state index contributed by atoms with van der Waals surface area (Å²) < 4.78 is 6.33. The molecule has 0 aliphatic rings. The number of hydrogen-bond donors (Lipinski definition) is 1. The number of benzene rings is 1. The maximum absolute atomic E-state index is 12.1. The Hall–Kier alpha value is -1.85. The number of thiophene rings is 1. The standard InChI is InChI=1S/C16H15ClN2O2S/c1-16(2,3)15-19-10-8-9(4-5-11(10)21-15)18-14(20)12-6-7-13(17)22-12/h4-8H,1-3H3,(H,18,20). The van der Waals surface area contributed by atoms with Gasteiger partial charge in [-0.2, -0.15) is 0 Å². The van der Waals surface area contributed by atoms with Crippen molar-refractivity contribution in [2.45, 2.75) is 26.2 Å². The van der Waals surface area contributed by atoms with Gasteiger partial charge in [-0.15, -0.1) is 11.3 Å². The number of rotatable bonds is 2. The second kappa shape index (κ2) is 5.41. The number of fused-ring (bicyclic) bond motifs is 1. The van der Waals surface area contributed by atoms with E-state index in [1.807, 2.05) is 26.8 Å². The molecule has 0 fully saturated rings. The molecule has 114 valence electrons. The first-order valence-electron chi connectivity index (χ1n) is 6.81. The minimum absolute atomic E-state index is 0.157. The van der Waals surface area contributed by atoms with Gasteiger partial charge in [0.25, 0.3) is 5.91 Å². The van der Waals surface area contributed by atoms with Gasteiger partial charge in [0, 0.05) is 11.1 Å². The van der Waals surface area contributed by atoms with Gasteiger partial charge in [0.1, 0.15) is 5.52 Å². The predicted molar refractivity (Wildman–Crippen MR) is 90.0 cm³/mol. The Morgan fingerprint density at radius 1 is 1.27 bits per heavy atom. The fourth-order valence-corrected chi connectivity index (χ4v) is 2.89. The number of carbonyl (C=O) groups is 1. The highest BCUT2D eigenvalue weighted by Gasteiger charge is 2.21. The van der Waals surface area contributed by atoms with Gasteiger partial charge in [-0.25, -0.2) is 4.98 Å². The van der Waals surface area contributed by atoms with Crippen LogP contribution in [0, 0.1) is 0 Å². The highest BCUT2D eigenvalue weighted by Crippen LogP contribution is 2.28. The number of nitrogens with zero attached hydrogens (tertiary/aromatic N) is 1. The van der Waals surface area contributed by atoms with Crippen molar-refractivity contribution in [1.29, 1.82) is 0 Å². The summed E-state index contributed by atoms with van der Waals surface area (Å²) in [5.41, 5.74) is 1.96. The summed E-state index contributed by atoms with van der Waals surface area (Å²) in [6.45, 7) is 6.13. The van der Waals surface area contributed by atoms with E-state index in [1.54, 1.807) is 24.3 Å². The van der Waals surface area contributed by atoms with Crippen molar-refractivity contribution in [1.82, 2.24) is 4.98 Å². The normalized spacial score (nSPS) is 11.8. The second-order valence-corrected chi connectivity index (χ2v) is 7.72. The van der Waals surface area contributed by atoms with E-state index in [1.165, 1.54) is 11.3 Å². The molecule has 6 heteroatoms. The zero-order valence-corrected chi connectivity index (χ0v) is 14.0. The van der Waals surface area contributed by atoms with Gasteiger partial charge < -0.3 is 9.73 Å². The first kappa shape index (κ1) is 15.1. The minimum Gasteiger partial charge on any atom is -0.440 e. The lowest BCUT2D eigenvalue weighted by atomic mass is 9.97. The lowest BCUT2D eigenvalue weighted by Gasteiger charge is -2.11. The van der Waals surface area contributed by atoms with Crippen molar-refractivity contribution in [2.24, 2.45) is 0 Å². The Morgan fingerprint density at radius 2 is 2.05 bits per heavy atom. The number of anilines is 1. The molecule has 1 aromatic carbocycles. The van der Waals surface area contributed by atoms with Crippen LogP contribution in [0.5, 0.6) is 0 Å². The van der Waals surface area contributed by atoms with E-state index in [-0.39, 0.29) is 11.3 Å². The van der Waals surface area contributed by atoms with Crippen LogP contribution < -0.4 is 5.32 Å². The first-order valence-corrected chi connectivity index (χ1v) is 8.00. The van der Waals surface area contributed by atoms with Crippen molar-refractivity contribution in [3.8, 4) is 0 Å². The molecule has 0 aliphatic heterocycles. The number of amides is 1. The van der Waals surface area contributed by atoms with E-state index in [9.17, 15) is 4.79 Å². The molecule has 0 bridgehead atoms. The van der Waals surface area contributed by atoms with Gasteiger partial charge in [0.2, 0.25) is 5.89 Å². The molecule has 3 aromatic rings. The average molecular weight is 335 g/mol. The fourth-order valence-electron chi connectivity index (χ4n) is 1.96. The number of halogens is 1. The quantitative estimate of drug-likeness (QED) is 0.710. The van der Waals surface area contributed by atoms with Crippen LogP contribution in [0.2, 0.25) is 4.34 Å². The average Bonchev–Trinajstić information content (AvgIpc) is 3.03. The van der Waals surface area contributed by atoms with Crippen molar-refractivity contribution in [3.05, 3.63) is 45.4 Å². The van der Waals surface area contributed by atoms with Gasteiger partial charge >= 0.3 is 0 Å². The van der Waals surface area contributed by atoms with Crippen LogP contribution in [0.4, 0.5) is 5.69 Å². The molecular formula is C16H15ClN2O2S. The van der Waals surface area contributed by atoms with Gasteiger partial charge in [-0.05, 0) is 30.3 Å². The minimum atomic E-state index is -0.184. The molecule has 22 heavy (non-hydrogen) atoms. The third kappa shape index (κ3) is 3.00. The van der Waals surface area contributed by atoms with Crippen LogP contribution in [0.3, 0.4) is 0 Å². The van der Waals surface area contributed by atoms with Crippen LogP contribution in [0.1, 0.15) is 36.3 Å². The zero-order valence-electron chi connectivity index (χ0n) is 12.4. The number of hydrogen-bond acceptors (Lipinski definition) is 4. The molecule has 3 rings (SSSR count). The molecule has 2 aromatic heterocycles. The van der Waals surface area contributed by atoms with E-state index in [0.29, 0.717) is 26.4 Å². The molecule has 0 unspecified atom stereocenters. The maximum atomic E-state index is 12.1. The lowest BCUT2D eigenvalue weighted by Crippen LogP contribution is -2.11.